The van der Waals surface area contributed by atoms with E-state index in [1.165, 1.54) is 14.2 Å². The van der Waals surface area contributed by atoms with Crippen LogP contribution >= 0.6 is 0 Å². The molecular weight excluding hydrogens is 310 g/mol. The van der Waals surface area contributed by atoms with Gasteiger partial charge in [0.1, 0.15) is 17.1 Å². The predicted molar refractivity (Wildman–Crippen MR) is 89.5 cm³/mol. The summed E-state index contributed by atoms with van der Waals surface area (Å²) in [5, 5.41) is 0. The van der Waals surface area contributed by atoms with Gasteiger partial charge in [-0.3, -0.25) is 4.79 Å². The van der Waals surface area contributed by atoms with Crippen LogP contribution in [0.1, 0.15) is 43.0 Å². The SMILES string of the molecule is COc1cccc(OC)c1C(=O)O[C@@H](C)C(=O)N1CCCCCC1. The lowest BCUT2D eigenvalue weighted by Gasteiger charge is -2.24. The molecule has 24 heavy (non-hydrogen) atoms. The minimum atomic E-state index is -0.842. The molecule has 0 radical (unpaired) electrons. The molecule has 0 aromatic heterocycles. The summed E-state index contributed by atoms with van der Waals surface area (Å²) in [6.45, 7) is 3.05. The van der Waals surface area contributed by atoms with Gasteiger partial charge < -0.3 is 19.1 Å². The first-order valence-corrected chi connectivity index (χ1v) is 8.29. The second-order valence-corrected chi connectivity index (χ2v) is 5.82. The number of carbonyl (C=O) groups is 2. The predicted octanol–water partition coefficient (Wildman–Crippen LogP) is 2.65. The zero-order chi connectivity index (χ0) is 17.5. The van der Waals surface area contributed by atoms with Gasteiger partial charge in [0.15, 0.2) is 6.10 Å². The van der Waals surface area contributed by atoms with Gasteiger partial charge in [-0.15, -0.1) is 0 Å². The van der Waals surface area contributed by atoms with Crippen molar-refractivity contribution in [1.29, 1.82) is 0 Å². The molecule has 1 amide bonds. The molecular formula is C18H25NO5. The van der Waals surface area contributed by atoms with Crippen molar-refractivity contribution >= 4 is 11.9 Å². The van der Waals surface area contributed by atoms with Gasteiger partial charge in [0, 0.05) is 13.1 Å². The van der Waals surface area contributed by atoms with Crippen LogP contribution in [0, 0.1) is 0 Å². The van der Waals surface area contributed by atoms with E-state index in [1.54, 1.807) is 30.0 Å². The van der Waals surface area contributed by atoms with Crippen molar-refractivity contribution in [2.75, 3.05) is 27.3 Å². The third-order valence-electron chi connectivity index (χ3n) is 4.18. The summed E-state index contributed by atoms with van der Waals surface area (Å²) < 4.78 is 15.8. The Morgan fingerprint density at radius 1 is 1.00 bits per heavy atom. The monoisotopic (exact) mass is 335 g/mol. The molecule has 0 aliphatic carbocycles. The molecule has 1 aromatic carbocycles. The van der Waals surface area contributed by atoms with Crippen molar-refractivity contribution in [3.05, 3.63) is 23.8 Å². The Morgan fingerprint density at radius 3 is 2.04 bits per heavy atom. The maximum atomic E-state index is 12.5. The summed E-state index contributed by atoms with van der Waals surface area (Å²) in [5.41, 5.74) is 0.193. The first-order valence-electron chi connectivity index (χ1n) is 8.29. The van der Waals surface area contributed by atoms with Crippen LogP contribution in [0.15, 0.2) is 18.2 Å². The zero-order valence-electron chi connectivity index (χ0n) is 14.5. The molecule has 2 rings (SSSR count). The van der Waals surface area contributed by atoms with E-state index in [1.807, 2.05) is 0 Å². The average molecular weight is 335 g/mol. The molecule has 6 nitrogen and oxygen atoms in total. The van der Waals surface area contributed by atoms with Crippen LogP contribution in [-0.4, -0.2) is 50.2 Å². The van der Waals surface area contributed by atoms with Gasteiger partial charge in [-0.25, -0.2) is 4.79 Å². The third kappa shape index (κ3) is 4.19. The van der Waals surface area contributed by atoms with E-state index < -0.39 is 12.1 Å². The molecule has 0 N–H and O–H groups in total. The van der Waals surface area contributed by atoms with Gasteiger partial charge in [-0.2, -0.15) is 0 Å². The highest BCUT2D eigenvalue weighted by Crippen LogP contribution is 2.29. The van der Waals surface area contributed by atoms with Crippen LogP contribution in [0.2, 0.25) is 0 Å². The average Bonchev–Trinajstić information content (AvgIpc) is 2.89. The van der Waals surface area contributed by atoms with Crippen molar-refractivity contribution < 1.29 is 23.8 Å². The lowest BCUT2D eigenvalue weighted by molar-refractivity contribution is -0.139. The molecule has 0 saturated carbocycles. The number of hydrogen-bond acceptors (Lipinski definition) is 5. The number of nitrogens with zero attached hydrogens (tertiary/aromatic N) is 1. The smallest absolute Gasteiger partial charge is 0.346 e. The van der Waals surface area contributed by atoms with Gasteiger partial charge in [-0.1, -0.05) is 18.9 Å². The fourth-order valence-corrected chi connectivity index (χ4v) is 2.87. The summed E-state index contributed by atoms with van der Waals surface area (Å²) >= 11 is 0. The highest BCUT2D eigenvalue weighted by molar-refractivity contribution is 5.97. The van der Waals surface area contributed by atoms with Crippen LogP contribution in [0.5, 0.6) is 11.5 Å². The molecule has 1 fully saturated rings. The summed E-state index contributed by atoms with van der Waals surface area (Å²) in [7, 11) is 2.94. The second kappa shape index (κ2) is 8.57. The molecule has 0 bridgehead atoms. The number of benzene rings is 1. The van der Waals surface area contributed by atoms with Gasteiger partial charge in [-0.05, 0) is 31.9 Å². The first-order chi connectivity index (χ1) is 11.6. The summed E-state index contributed by atoms with van der Waals surface area (Å²) in [6.07, 6.45) is 3.41. The third-order valence-corrected chi connectivity index (χ3v) is 4.18. The molecule has 132 valence electrons. The maximum absolute atomic E-state index is 12.5. The zero-order valence-corrected chi connectivity index (χ0v) is 14.5. The summed E-state index contributed by atoms with van der Waals surface area (Å²) in [6, 6.07) is 5.03. The lowest BCUT2D eigenvalue weighted by atomic mass is 10.1. The van der Waals surface area contributed by atoms with Crippen molar-refractivity contribution in [3.8, 4) is 11.5 Å². The Balaban J connectivity index is 2.09. The Labute approximate surface area is 142 Å². The van der Waals surface area contributed by atoms with Crippen molar-refractivity contribution in [2.24, 2.45) is 0 Å². The van der Waals surface area contributed by atoms with E-state index in [4.69, 9.17) is 14.2 Å². The largest absolute Gasteiger partial charge is 0.496 e. The highest BCUT2D eigenvalue weighted by atomic mass is 16.6. The molecule has 1 saturated heterocycles. The molecule has 1 heterocycles. The fourth-order valence-electron chi connectivity index (χ4n) is 2.87. The van der Waals surface area contributed by atoms with E-state index >= 15 is 0 Å². The molecule has 1 aliphatic heterocycles. The van der Waals surface area contributed by atoms with Crippen molar-refractivity contribution in [3.63, 3.8) is 0 Å². The van der Waals surface area contributed by atoms with Gasteiger partial charge in [0.2, 0.25) is 0 Å². The fraction of sp³-hybridized carbons (Fsp3) is 0.556. The van der Waals surface area contributed by atoms with Gasteiger partial charge in [0.25, 0.3) is 5.91 Å². The maximum Gasteiger partial charge on any atom is 0.346 e. The molecule has 0 spiro atoms. The van der Waals surface area contributed by atoms with E-state index in [2.05, 4.69) is 0 Å². The van der Waals surface area contributed by atoms with E-state index in [9.17, 15) is 9.59 Å². The molecule has 1 atom stereocenters. The van der Waals surface area contributed by atoms with E-state index in [-0.39, 0.29) is 11.5 Å². The molecule has 1 aromatic rings. The van der Waals surface area contributed by atoms with Crippen LogP contribution in [0.3, 0.4) is 0 Å². The second-order valence-electron chi connectivity index (χ2n) is 5.82. The normalized spacial score (nSPS) is 16.0. The van der Waals surface area contributed by atoms with Gasteiger partial charge >= 0.3 is 5.97 Å². The number of amides is 1. The topological polar surface area (TPSA) is 65.1 Å². The molecule has 1 aliphatic rings. The van der Waals surface area contributed by atoms with E-state index in [0.717, 1.165) is 38.8 Å². The highest BCUT2D eigenvalue weighted by Gasteiger charge is 2.27. The van der Waals surface area contributed by atoms with Crippen molar-refractivity contribution in [2.45, 2.75) is 38.7 Å². The van der Waals surface area contributed by atoms with Gasteiger partial charge in [0.05, 0.1) is 14.2 Å². The summed E-state index contributed by atoms with van der Waals surface area (Å²) in [4.78, 5) is 26.8. The number of hydrogen-bond donors (Lipinski definition) is 0. The van der Waals surface area contributed by atoms with Crippen molar-refractivity contribution in [1.82, 2.24) is 4.90 Å². The number of methoxy groups -OCH3 is 2. The quantitative estimate of drug-likeness (QED) is 0.774. The van der Waals surface area contributed by atoms with Crippen LogP contribution in [0.4, 0.5) is 0 Å². The molecule has 0 unspecified atom stereocenters. The number of rotatable bonds is 5. The number of ether oxygens (including phenoxy) is 3. The van der Waals surface area contributed by atoms with Crippen LogP contribution in [0.25, 0.3) is 0 Å². The number of likely N-dealkylation sites (tertiary alicyclic amines) is 1. The Hall–Kier alpha value is -2.24. The van der Waals surface area contributed by atoms with E-state index in [0.29, 0.717) is 11.5 Å². The Kier molecular flexibility index (Phi) is 6.46. The first kappa shape index (κ1) is 18.1. The number of carbonyl (C=O) groups excluding carboxylic acids is 2. The standard InChI is InChI=1S/C18H25NO5/c1-13(17(20)19-11-6-4-5-7-12-19)24-18(21)16-14(22-2)9-8-10-15(16)23-3/h8-10,13H,4-7,11-12H2,1-3H3/t13-/m0/s1. The summed E-state index contributed by atoms with van der Waals surface area (Å²) in [5.74, 6) is -0.0679. The minimum Gasteiger partial charge on any atom is -0.496 e. The number of esters is 1. The van der Waals surface area contributed by atoms with Crippen LogP contribution in [-0.2, 0) is 9.53 Å². The lowest BCUT2D eigenvalue weighted by Crippen LogP contribution is -2.40. The molecule has 6 heteroatoms. The van der Waals surface area contributed by atoms with Crippen LogP contribution < -0.4 is 9.47 Å². The minimum absolute atomic E-state index is 0.154. The Bertz CT molecular complexity index is 557. The Morgan fingerprint density at radius 2 is 1.54 bits per heavy atom.